The van der Waals surface area contributed by atoms with Gasteiger partial charge in [-0.25, -0.2) is 4.98 Å². The minimum atomic E-state index is -4.35. The average Bonchev–Trinajstić information content (AvgIpc) is 3.32. The molecule has 0 unspecified atom stereocenters. The Morgan fingerprint density at radius 1 is 1.15 bits per heavy atom. The largest absolute Gasteiger partial charge is 0.427 e. The maximum absolute atomic E-state index is 12.7. The zero-order valence-corrected chi connectivity index (χ0v) is 14.3. The Balaban J connectivity index is 1.41. The van der Waals surface area contributed by atoms with Crippen molar-refractivity contribution in [2.24, 2.45) is 0 Å². The van der Waals surface area contributed by atoms with E-state index in [1.807, 2.05) is 17.0 Å². The molecule has 4 heterocycles. The van der Waals surface area contributed by atoms with Crippen molar-refractivity contribution in [1.82, 2.24) is 20.1 Å². The van der Waals surface area contributed by atoms with Gasteiger partial charge in [-0.2, -0.15) is 18.2 Å². The molecule has 0 N–H and O–H groups in total. The Morgan fingerprint density at radius 3 is 2.62 bits per heavy atom. The number of piperidine rings is 1. The zero-order valence-electron chi connectivity index (χ0n) is 13.5. The summed E-state index contributed by atoms with van der Waals surface area (Å²) in [7, 11) is 0. The molecule has 1 aliphatic heterocycles. The Hall–Kier alpha value is -2.49. The van der Waals surface area contributed by atoms with Gasteiger partial charge in [0.25, 0.3) is 0 Å². The van der Waals surface area contributed by atoms with Crippen LogP contribution in [0.15, 0.2) is 35.1 Å². The van der Waals surface area contributed by atoms with E-state index in [0.717, 1.165) is 6.20 Å². The van der Waals surface area contributed by atoms with E-state index >= 15 is 0 Å². The number of pyridine rings is 1. The lowest BCUT2D eigenvalue weighted by Crippen LogP contribution is -2.32. The molecule has 3 aromatic heterocycles. The molecule has 0 amide bonds. The molecule has 10 heteroatoms. The van der Waals surface area contributed by atoms with Crippen LogP contribution in [0.25, 0.3) is 11.5 Å². The molecule has 1 saturated heterocycles. The summed E-state index contributed by atoms with van der Waals surface area (Å²) in [4.78, 5) is 13.7. The summed E-state index contributed by atoms with van der Waals surface area (Å²) < 4.78 is 43.5. The number of nitrogens with zero attached hydrogens (tertiary/aromatic N) is 5. The molecule has 3 aromatic rings. The van der Waals surface area contributed by atoms with E-state index in [9.17, 15) is 13.2 Å². The van der Waals surface area contributed by atoms with Crippen LogP contribution >= 0.6 is 11.3 Å². The van der Waals surface area contributed by atoms with Gasteiger partial charge in [-0.3, -0.25) is 4.98 Å². The van der Waals surface area contributed by atoms with Crippen LogP contribution in [-0.2, 0) is 6.18 Å². The Morgan fingerprint density at radius 2 is 1.96 bits per heavy atom. The van der Waals surface area contributed by atoms with Gasteiger partial charge in [0.05, 0.1) is 6.20 Å². The third kappa shape index (κ3) is 3.41. The van der Waals surface area contributed by atoms with Crippen LogP contribution in [0.1, 0.15) is 29.5 Å². The van der Waals surface area contributed by atoms with Crippen molar-refractivity contribution >= 4 is 16.5 Å². The topological polar surface area (TPSA) is 67.9 Å². The second kappa shape index (κ2) is 6.67. The normalized spacial score (nSPS) is 16.2. The second-order valence-corrected chi connectivity index (χ2v) is 6.95. The third-order valence-electron chi connectivity index (χ3n) is 4.22. The van der Waals surface area contributed by atoms with Gasteiger partial charge in [-0.15, -0.1) is 0 Å². The number of anilines is 1. The van der Waals surface area contributed by atoms with Crippen molar-refractivity contribution in [2.75, 3.05) is 18.0 Å². The van der Waals surface area contributed by atoms with E-state index in [1.165, 1.54) is 0 Å². The quantitative estimate of drug-likeness (QED) is 0.683. The van der Waals surface area contributed by atoms with Crippen molar-refractivity contribution in [3.05, 3.63) is 41.4 Å². The number of thiazole rings is 1. The predicted octanol–water partition coefficient (Wildman–Crippen LogP) is 3.99. The minimum Gasteiger partial charge on any atom is -0.348 e. The van der Waals surface area contributed by atoms with Gasteiger partial charge in [-0.1, -0.05) is 22.6 Å². The Kier molecular flexibility index (Phi) is 4.35. The van der Waals surface area contributed by atoms with Gasteiger partial charge in [0.2, 0.25) is 11.7 Å². The number of alkyl halides is 3. The molecule has 0 atom stereocenters. The van der Waals surface area contributed by atoms with Gasteiger partial charge in [-0.05, 0) is 25.0 Å². The monoisotopic (exact) mass is 381 g/mol. The third-order valence-corrected chi connectivity index (χ3v) is 5.33. The number of halogens is 3. The van der Waals surface area contributed by atoms with Gasteiger partial charge >= 0.3 is 6.18 Å². The number of hydrogen-bond donors (Lipinski definition) is 0. The SMILES string of the molecule is FC(F)(F)c1cnc(N2CCC(c3nc(-c4ccccn4)no3)CC2)s1. The van der Waals surface area contributed by atoms with Gasteiger partial charge in [0.1, 0.15) is 10.6 Å². The first-order valence-electron chi connectivity index (χ1n) is 8.03. The molecule has 26 heavy (non-hydrogen) atoms. The van der Waals surface area contributed by atoms with Crippen molar-refractivity contribution in [2.45, 2.75) is 24.9 Å². The highest BCUT2D eigenvalue weighted by Crippen LogP contribution is 2.38. The maximum atomic E-state index is 12.7. The van der Waals surface area contributed by atoms with Crippen molar-refractivity contribution < 1.29 is 17.7 Å². The first-order chi connectivity index (χ1) is 12.5. The Labute approximate surface area is 150 Å². The van der Waals surface area contributed by atoms with E-state index in [1.54, 1.807) is 12.3 Å². The van der Waals surface area contributed by atoms with Crippen LogP contribution in [0, 0.1) is 0 Å². The summed E-state index contributed by atoms with van der Waals surface area (Å²) in [5, 5.41) is 4.37. The summed E-state index contributed by atoms with van der Waals surface area (Å²) in [5.41, 5.74) is 0.641. The lowest BCUT2D eigenvalue weighted by Gasteiger charge is -2.29. The van der Waals surface area contributed by atoms with Crippen molar-refractivity contribution in [3.8, 4) is 11.5 Å². The Bertz CT molecular complexity index is 871. The van der Waals surface area contributed by atoms with E-state index in [2.05, 4.69) is 20.1 Å². The van der Waals surface area contributed by atoms with Crippen LogP contribution in [0.5, 0.6) is 0 Å². The van der Waals surface area contributed by atoms with Crippen LogP contribution in [0.3, 0.4) is 0 Å². The zero-order chi connectivity index (χ0) is 18.1. The standard InChI is InChI=1S/C16H14F3N5OS/c17-16(18,19)12-9-21-15(26-12)24-7-4-10(5-8-24)14-22-13(23-25-14)11-3-1-2-6-20-11/h1-3,6,9-10H,4-5,7-8H2. The summed E-state index contributed by atoms with van der Waals surface area (Å²) >= 11 is 0.675. The van der Waals surface area contributed by atoms with Gasteiger partial charge < -0.3 is 9.42 Å². The summed E-state index contributed by atoms with van der Waals surface area (Å²) in [6, 6.07) is 5.46. The van der Waals surface area contributed by atoms with Crippen LogP contribution in [0.2, 0.25) is 0 Å². The van der Waals surface area contributed by atoms with Crippen molar-refractivity contribution in [1.29, 1.82) is 0 Å². The molecule has 1 fully saturated rings. The second-order valence-electron chi connectivity index (χ2n) is 5.94. The maximum Gasteiger partial charge on any atom is 0.427 e. The number of aromatic nitrogens is 4. The summed E-state index contributed by atoms with van der Waals surface area (Å²) in [6.45, 7) is 1.19. The first-order valence-corrected chi connectivity index (χ1v) is 8.85. The summed E-state index contributed by atoms with van der Waals surface area (Å²) in [6.07, 6.45) is -0.369. The van der Waals surface area contributed by atoms with Crippen LogP contribution in [-0.4, -0.2) is 33.2 Å². The van der Waals surface area contributed by atoms with E-state index in [0.29, 0.717) is 59.8 Å². The molecule has 0 saturated carbocycles. The van der Waals surface area contributed by atoms with Crippen LogP contribution in [0.4, 0.5) is 18.3 Å². The molecule has 0 aliphatic carbocycles. The smallest absolute Gasteiger partial charge is 0.348 e. The minimum absolute atomic E-state index is 0.0817. The van der Waals surface area contributed by atoms with E-state index in [4.69, 9.17) is 4.52 Å². The molecule has 6 nitrogen and oxygen atoms in total. The predicted molar refractivity (Wildman–Crippen MR) is 88.8 cm³/mol. The molecule has 4 rings (SSSR count). The molecular weight excluding hydrogens is 367 g/mol. The average molecular weight is 381 g/mol. The molecule has 0 radical (unpaired) electrons. The van der Waals surface area contributed by atoms with E-state index in [-0.39, 0.29) is 5.92 Å². The molecule has 0 spiro atoms. The highest BCUT2D eigenvalue weighted by atomic mass is 32.1. The van der Waals surface area contributed by atoms with E-state index < -0.39 is 11.1 Å². The molecule has 0 aromatic carbocycles. The number of hydrogen-bond acceptors (Lipinski definition) is 7. The number of rotatable bonds is 3. The lowest BCUT2D eigenvalue weighted by molar-refractivity contribution is -0.134. The molecular formula is C16H14F3N5OS. The fourth-order valence-electron chi connectivity index (χ4n) is 2.86. The molecule has 0 bridgehead atoms. The fraction of sp³-hybridized carbons (Fsp3) is 0.375. The van der Waals surface area contributed by atoms with Crippen molar-refractivity contribution in [3.63, 3.8) is 0 Å². The molecule has 136 valence electrons. The molecule has 1 aliphatic rings. The first kappa shape index (κ1) is 17.0. The van der Waals surface area contributed by atoms with Crippen LogP contribution < -0.4 is 4.90 Å². The summed E-state index contributed by atoms with van der Waals surface area (Å²) in [5.74, 6) is 1.07. The lowest BCUT2D eigenvalue weighted by atomic mass is 9.97. The fourth-order valence-corrected chi connectivity index (χ4v) is 3.69. The van der Waals surface area contributed by atoms with Gasteiger partial charge in [0, 0.05) is 25.2 Å². The highest BCUT2D eigenvalue weighted by molar-refractivity contribution is 7.15. The highest BCUT2D eigenvalue weighted by Gasteiger charge is 2.34. The van der Waals surface area contributed by atoms with Gasteiger partial charge in [0.15, 0.2) is 5.13 Å².